The normalized spacial score (nSPS) is 16.6. The Labute approximate surface area is 177 Å². The van der Waals surface area contributed by atoms with Crippen LogP contribution in [0.5, 0.6) is 0 Å². The van der Waals surface area contributed by atoms with E-state index in [0.29, 0.717) is 5.69 Å². The minimum absolute atomic E-state index is 0.133. The van der Waals surface area contributed by atoms with Crippen molar-refractivity contribution < 1.29 is 8.78 Å². The largest absolute Gasteiger partial charge is 0.369 e. The van der Waals surface area contributed by atoms with Gasteiger partial charge in [0.2, 0.25) is 0 Å². The van der Waals surface area contributed by atoms with E-state index in [2.05, 4.69) is 24.8 Å². The summed E-state index contributed by atoms with van der Waals surface area (Å²) >= 11 is 0. The zero-order valence-corrected chi connectivity index (χ0v) is 16.7. The fourth-order valence-electron chi connectivity index (χ4n) is 4.02. The van der Waals surface area contributed by atoms with Crippen LogP contribution in [0.15, 0.2) is 55.0 Å². The summed E-state index contributed by atoms with van der Waals surface area (Å²) in [4.78, 5) is 19.8. The molecule has 31 heavy (non-hydrogen) atoms. The number of rotatable bonds is 3. The topological polar surface area (TPSA) is 80.8 Å². The first-order chi connectivity index (χ1) is 15.1. The van der Waals surface area contributed by atoms with Crippen LogP contribution >= 0.6 is 0 Å². The molecule has 0 bridgehead atoms. The summed E-state index contributed by atoms with van der Waals surface area (Å²) in [5.41, 5.74) is 8.43. The van der Waals surface area contributed by atoms with Crippen LogP contribution in [0.3, 0.4) is 0 Å². The van der Waals surface area contributed by atoms with Gasteiger partial charge in [0.05, 0.1) is 23.0 Å². The molecule has 5 rings (SSSR count). The predicted octanol–water partition coefficient (Wildman–Crippen LogP) is 3.96. The summed E-state index contributed by atoms with van der Waals surface area (Å²) in [5.74, 6) is -1.07. The first kappa shape index (κ1) is 19.4. The lowest BCUT2D eigenvalue weighted by Crippen LogP contribution is -2.42. The minimum Gasteiger partial charge on any atom is -0.369 e. The molecule has 4 aromatic rings. The third kappa shape index (κ3) is 3.70. The van der Waals surface area contributed by atoms with Gasteiger partial charge in [0.1, 0.15) is 17.3 Å². The van der Waals surface area contributed by atoms with Crippen molar-refractivity contribution in [2.24, 2.45) is 5.73 Å². The molecule has 8 heteroatoms. The molecule has 6 nitrogen and oxygen atoms in total. The summed E-state index contributed by atoms with van der Waals surface area (Å²) in [6, 6.07) is 9.18. The first-order valence-electron chi connectivity index (χ1n) is 10.1. The Morgan fingerprint density at radius 3 is 2.58 bits per heavy atom. The summed E-state index contributed by atoms with van der Waals surface area (Å²) < 4.78 is 28.5. The number of fused-ring (bicyclic) bond motifs is 1. The Kier molecular flexibility index (Phi) is 4.99. The van der Waals surface area contributed by atoms with E-state index in [4.69, 9.17) is 5.73 Å². The Hall–Kier alpha value is -3.52. The summed E-state index contributed by atoms with van der Waals surface area (Å²) in [5, 5.41) is 0.910. The highest BCUT2D eigenvalue weighted by atomic mass is 19.1. The van der Waals surface area contributed by atoms with Gasteiger partial charge in [-0.1, -0.05) is 6.07 Å². The molecule has 4 heterocycles. The van der Waals surface area contributed by atoms with E-state index in [1.54, 1.807) is 12.4 Å². The minimum atomic E-state index is -0.677. The molecule has 156 valence electrons. The van der Waals surface area contributed by atoms with Crippen LogP contribution in [0.1, 0.15) is 12.8 Å². The molecule has 1 unspecified atom stereocenters. The zero-order chi connectivity index (χ0) is 21.4. The fraction of sp³-hybridized carbons (Fsp3) is 0.217. The molecule has 1 saturated heterocycles. The first-order valence-corrected chi connectivity index (χ1v) is 10.1. The molecular weight excluding hydrogens is 398 g/mol. The zero-order valence-electron chi connectivity index (χ0n) is 16.7. The van der Waals surface area contributed by atoms with Gasteiger partial charge < -0.3 is 10.6 Å². The van der Waals surface area contributed by atoms with E-state index in [-0.39, 0.29) is 23.1 Å². The molecule has 0 radical (unpaired) electrons. The van der Waals surface area contributed by atoms with Crippen LogP contribution in [-0.2, 0) is 0 Å². The number of hydrogen-bond acceptors (Lipinski definition) is 6. The van der Waals surface area contributed by atoms with Crippen molar-refractivity contribution in [1.82, 2.24) is 19.9 Å². The lowest BCUT2D eigenvalue weighted by molar-refractivity contribution is 0.507. The number of aromatic nitrogens is 4. The SMILES string of the molecule is NC1CCCN(c2ccnc3cnc(-c4nccc(-c5c(F)cccc5F)n4)cc23)C1. The van der Waals surface area contributed by atoms with E-state index in [9.17, 15) is 8.78 Å². The van der Waals surface area contributed by atoms with Gasteiger partial charge in [-0.05, 0) is 43.2 Å². The van der Waals surface area contributed by atoms with Gasteiger partial charge in [-0.25, -0.2) is 18.7 Å². The third-order valence-corrected chi connectivity index (χ3v) is 5.51. The van der Waals surface area contributed by atoms with Crippen molar-refractivity contribution in [3.05, 3.63) is 66.6 Å². The number of nitrogens with zero attached hydrogens (tertiary/aromatic N) is 5. The van der Waals surface area contributed by atoms with Crippen LogP contribution < -0.4 is 10.6 Å². The summed E-state index contributed by atoms with van der Waals surface area (Å²) in [7, 11) is 0. The Morgan fingerprint density at radius 2 is 1.77 bits per heavy atom. The average molecular weight is 418 g/mol. The van der Waals surface area contributed by atoms with Gasteiger partial charge in [0.25, 0.3) is 0 Å². The van der Waals surface area contributed by atoms with Crippen LogP contribution in [0.25, 0.3) is 33.7 Å². The number of nitrogens with two attached hydrogens (primary N) is 1. The van der Waals surface area contributed by atoms with Crippen molar-refractivity contribution in [2.75, 3.05) is 18.0 Å². The molecule has 0 amide bonds. The van der Waals surface area contributed by atoms with Crippen LogP contribution in [0.2, 0.25) is 0 Å². The molecule has 3 aromatic heterocycles. The number of piperidine rings is 1. The Morgan fingerprint density at radius 1 is 0.968 bits per heavy atom. The van der Waals surface area contributed by atoms with Crippen LogP contribution in [0, 0.1) is 11.6 Å². The average Bonchev–Trinajstić information content (AvgIpc) is 2.78. The van der Waals surface area contributed by atoms with Crippen molar-refractivity contribution in [3.63, 3.8) is 0 Å². The van der Waals surface area contributed by atoms with Gasteiger partial charge >= 0.3 is 0 Å². The maximum atomic E-state index is 14.2. The summed E-state index contributed by atoms with van der Waals surface area (Å²) in [6.07, 6.45) is 6.94. The second kappa shape index (κ2) is 7.96. The lowest BCUT2D eigenvalue weighted by Gasteiger charge is -2.33. The highest BCUT2D eigenvalue weighted by Crippen LogP contribution is 2.30. The predicted molar refractivity (Wildman–Crippen MR) is 115 cm³/mol. The van der Waals surface area contributed by atoms with Crippen molar-refractivity contribution >= 4 is 16.6 Å². The second-order valence-corrected chi connectivity index (χ2v) is 7.63. The number of halogens is 2. The van der Waals surface area contributed by atoms with Gasteiger partial charge in [-0.3, -0.25) is 9.97 Å². The highest BCUT2D eigenvalue weighted by molar-refractivity contribution is 5.93. The Bertz CT molecular complexity index is 1240. The molecule has 0 aliphatic carbocycles. The molecule has 1 aromatic carbocycles. The molecule has 0 saturated carbocycles. The summed E-state index contributed by atoms with van der Waals surface area (Å²) in [6.45, 7) is 1.69. The molecule has 0 spiro atoms. The number of hydrogen-bond donors (Lipinski definition) is 1. The van der Waals surface area contributed by atoms with E-state index < -0.39 is 11.6 Å². The molecule has 1 aliphatic heterocycles. The maximum Gasteiger partial charge on any atom is 0.178 e. The van der Waals surface area contributed by atoms with E-state index in [1.807, 2.05) is 12.1 Å². The van der Waals surface area contributed by atoms with Crippen molar-refractivity contribution in [3.8, 4) is 22.8 Å². The van der Waals surface area contributed by atoms with Gasteiger partial charge in [0.15, 0.2) is 5.82 Å². The van der Waals surface area contributed by atoms with E-state index in [0.717, 1.165) is 42.5 Å². The van der Waals surface area contributed by atoms with Crippen molar-refractivity contribution in [1.29, 1.82) is 0 Å². The van der Waals surface area contributed by atoms with Gasteiger partial charge in [0, 0.05) is 42.6 Å². The highest BCUT2D eigenvalue weighted by Gasteiger charge is 2.20. The standard InChI is InChI=1S/C23H20F2N6/c24-16-4-1-5-17(25)22(16)18-6-8-28-23(30-18)19-11-15-20(12-29-19)27-9-7-21(15)31-10-2-3-14(26)13-31/h1,4-9,11-12,14H,2-3,10,13,26H2. The number of anilines is 1. The molecule has 1 fully saturated rings. The smallest absolute Gasteiger partial charge is 0.178 e. The van der Waals surface area contributed by atoms with Gasteiger partial charge in [-0.2, -0.15) is 0 Å². The van der Waals surface area contributed by atoms with E-state index >= 15 is 0 Å². The molecular formula is C23H20F2N6. The molecule has 2 N–H and O–H groups in total. The second-order valence-electron chi connectivity index (χ2n) is 7.63. The lowest BCUT2D eigenvalue weighted by atomic mass is 10.0. The number of pyridine rings is 2. The van der Waals surface area contributed by atoms with Crippen LogP contribution in [0.4, 0.5) is 14.5 Å². The quantitative estimate of drug-likeness (QED) is 0.542. The van der Waals surface area contributed by atoms with E-state index in [1.165, 1.54) is 30.5 Å². The number of benzene rings is 1. The maximum absolute atomic E-state index is 14.2. The molecule has 1 aliphatic rings. The monoisotopic (exact) mass is 418 g/mol. The Balaban J connectivity index is 1.59. The van der Waals surface area contributed by atoms with Crippen molar-refractivity contribution in [2.45, 2.75) is 18.9 Å². The molecule has 1 atom stereocenters. The fourth-order valence-corrected chi connectivity index (χ4v) is 4.02. The van der Waals surface area contributed by atoms with Gasteiger partial charge in [-0.15, -0.1) is 0 Å². The third-order valence-electron chi connectivity index (χ3n) is 5.51. The van der Waals surface area contributed by atoms with Crippen LogP contribution in [-0.4, -0.2) is 39.1 Å².